The Hall–Kier alpha value is -2.40. The highest BCUT2D eigenvalue weighted by atomic mass is 32.2. The number of carbonyl (C=O) groups is 2. The molecule has 0 unspecified atom stereocenters. The Balaban J connectivity index is 2.42. The number of rotatable bonds is 3. The Morgan fingerprint density at radius 3 is 2.29 bits per heavy atom. The highest BCUT2D eigenvalue weighted by Crippen LogP contribution is 2.23. The second-order valence-corrected chi connectivity index (χ2v) is 6.02. The van der Waals surface area contributed by atoms with Crippen molar-refractivity contribution in [3.8, 4) is 0 Å². The number of carbonyl (C=O) groups excluding carboxylic acids is 2. The van der Waals surface area contributed by atoms with Gasteiger partial charge in [-0.15, -0.1) is 0 Å². The van der Waals surface area contributed by atoms with Crippen LogP contribution in [0.25, 0.3) is 0 Å². The molecule has 1 aromatic carbocycles. The highest BCUT2D eigenvalue weighted by molar-refractivity contribution is 7.89. The summed E-state index contributed by atoms with van der Waals surface area (Å²) < 4.78 is 38.6. The van der Waals surface area contributed by atoms with Crippen LogP contribution in [0.1, 0.15) is 0 Å². The van der Waals surface area contributed by atoms with E-state index >= 15 is 0 Å². The molecule has 1 N–H and O–H groups in total. The maximum Gasteiger partial charge on any atom is 0.272 e. The van der Waals surface area contributed by atoms with Crippen molar-refractivity contribution in [3.63, 3.8) is 0 Å². The Morgan fingerprint density at radius 1 is 1.24 bits per heavy atom. The lowest BCUT2D eigenvalue weighted by Crippen LogP contribution is -2.53. The van der Waals surface area contributed by atoms with E-state index in [1.807, 2.05) is 5.32 Å². The number of imide groups is 1. The van der Waals surface area contributed by atoms with Crippen LogP contribution in [0.15, 0.2) is 23.1 Å². The molecule has 0 saturated carbocycles. The molecule has 2 rings (SSSR count). The van der Waals surface area contributed by atoms with E-state index in [2.05, 4.69) is 0 Å². The number of nitrogens with zero attached hydrogens (tertiary/aromatic N) is 2. The zero-order valence-electron chi connectivity index (χ0n) is 10.3. The standard InChI is InChI=1S/C10H8FN3O6S/c11-7-3-6(14(17)18)1-2-8(7)21(19,20)13-4-9(15)12-10(16)5-13/h1-3H,4-5H2,(H,12,15,16). The van der Waals surface area contributed by atoms with Crippen molar-refractivity contribution in [1.29, 1.82) is 0 Å². The van der Waals surface area contributed by atoms with Crippen molar-refractivity contribution >= 4 is 27.5 Å². The van der Waals surface area contributed by atoms with Crippen LogP contribution in [-0.4, -0.2) is 42.6 Å². The predicted molar refractivity (Wildman–Crippen MR) is 65.0 cm³/mol. The van der Waals surface area contributed by atoms with Gasteiger partial charge in [0.1, 0.15) is 10.7 Å². The van der Waals surface area contributed by atoms with Crippen LogP contribution in [0, 0.1) is 15.9 Å². The van der Waals surface area contributed by atoms with Gasteiger partial charge in [0.15, 0.2) is 0 Å². The van der Waals surface area contributed by atoms with Crippen LogP contribution < -0.4 is 5.32 Å². The van der Waals surface area contributed by atoms with Gasteiger partial charge >= 0.3 is 0 Å². The number of sulfonamides is 1. The maximum absolute atomic E-state index is 13.8. The fraction of sp³-hybridized carbons (Fsp3) is 0.200. The maximum atomic E-state index is 13.8. The Kier molecular flexibility index (Phi) is 3.70. The number of hydrogen-bond donors (Lipinski definition) is 1. The molecule has 0 aromatic heterocycles. The van der Waals surface area contributed by atoms with Gasteiger partial charge in [0.25, 0.3) is 5.69 Å². The highest BCUT2D eigenvalue weighted by Gasteiger charge is 2.34. The molecule has 1 aliphatic rings. The molecule has 1 heterocycles. The summed E-state index contributed by atoms with van der Waals surface area (Å²) in [5.41, 5.74) is -0.612. The number of nitro benzene ring substituents is 1. The first-order valence-electron chi connectivity index (χ1n) is 5.48. The lowest BCUT2D eigenvalue weighted by atomic mass is 10.3. The van der Waals surface area contributed by atoms with Gasteiger partial charge in [-0.25, -0.2) is 12.8 Å². The summed E-state index contributed by atoms with van der Waals surface area (Å²) in [6.07, 6.45) is 0. The van der Waals surface area contributed by atoms with Gasteiger partial charge in [-0.3, -0.25) is 25.0 Å². The lowest BCUT2D eigenvalue weighted by Gasteiger charge is -2.24. The van der Waals surface area contributed by atoms with Crippen molar-refractivity contribution in [2.75, 3.05) is 13.1 Å². The minimum atomic E-state index is -4.45. The Bertz CT molecular complexity index is 731. The number of nitro groups is 1. The minimum absolute atomic E-state index is 0.457. The zero-order valence-corrected chi connectivity index (χ0v) is 11.1. The number of halogens is 1. The first-order valence-corrected chi connectivity index (χ1v) is 6.92. The van der Waals surface area contributed by atoms with Crippen LogP contribution in [0.2, 0.25) is 0 Å². The molecule has 1 aliphatic heterocycles. The van der Waals surface area contributed by atoms with Crippen LogP contribution >= 0.6 is 0 Å². The van der Waals surface area contributed by atoms with Crippen molar-refractivity contribution in [3.05, 3.63) is 34.1 Å². The number of nitrogens with one attached hydrogen (secondary N) is 1. The van der Waals surface area contributed by atoms with Crippen molar-refractivity contribution < 1.29 is 27.3 Å². The largest absolute Gasteiger partial charge is 0.294 e. The van der Waals surface area contributed by atoms with Gasteiger partial charge in [-0.2, -0.15) is 4.31 Å². The van der Waals surface area contributed by atoms with E-state index in [0.717, 1.165) is 12.1 Å². The minimum Gasteiger partial charge on any atom is -0.294 e. The van der Waals surface area contributed by atoms with Gasteiger partial charge < -0.3 is 0 Å². The van der Waals surface area contributed by atoms with Crippen LogP contribution in [0.5, 0.6) is 0 Å². The lowest BCUT2D eigenvalue weighted by molar-refractivity contribution is -0.385. The number of amides is 2. The summed E-state index contributed by atoms with van der Waals surface area (Å²) in [5.74, 6) is -3.00. The molecule has 1 fully saturated rings. The quantitative estimate of drug-likeness (QED) is 0.450. The van der Waals surface area contributed by atoms with Crippen LogP contribution in [-0.2, 0) is 19.6 Å². The van der Waals surface area contributed by atoms with E-state index in [9.17, 15) is 32.5 Å². The van der Waals surface area contributed by atoms with E-state index in [1.165, 1.54) is 0 Å². The molecular formula is C10H8FN3O6S. The summed E-state index contributed by atoms with van der Waals surface area (Å²) in [6, 6.07) is 2.00. The summed E-state index contributed by atoms with van der Waals surface area (Å²) >= 11 is 0. The molecule has 112 valence electrons. The average molecular weight is 317 g/mol. The third-order valence-corrected chi connectivity index (χ3v) is 4.49. The zero-order chi connectivity index (χ0) is 15.8. The molecular weight excluding hydrogens is 309 g/mol. The smallest absolute Gasteiger partial charge is 0.272 e. The molecule has 1 saturated heterocycles. The monoisotopic (exact) mass is 317 g/mol. The predicted octanol–water partition coefficient (Wildman–Crippen LogP) is -0.619. The average Bonchev–Trinajstić information content (AvgIpc) is 2.36. The second kappa shape index (κ2) is 5.18. The van der Waals surface area contributed by atoms with Crippen molar-refractivity contribution in [1.82, 2.24) is 9.62 Å². The van der Waals surface area contributed by atoms with E-state index in [1.54, 1.807) is 0 Å². The first-order chi connectivity index (χ1) is 9.71. The molecule has 2 amide bonds. The molecule has 0 spiro atoms. The third-order valence-electron chi connectivity index (χ3n) is 2.66. The summed E-state index contributed by atoms with van der Waals surface area (Å²) in [7, 11) is -4.45. The second-order valence-electron chi connectivity index (χ2n) is 4.12. The number of non-ortho nitro benzene ring substituents is 1. The van der Waals surface area contributed by atoms with E-state index in [-0.39, 0.29) is 0 Å². The molecule has 0 radical (unpaired) electrons. The molecule has 0 atom stereocenters. The van der Waals surface area contributed by atoms with E-state index in [0.29, 0.717) is 10.4 Å². The third kappa shape index (κ3) is 2.87. The Morgan fingerprint density at radius 2 is 1.81 bits per heavy atom. The van der Waals surface area contributed by atoms with Gasteiger partial charge in [0.05, 0.1) is 24.1 Å². The van der Waals surface area contributed by atoms with Crippen LogP contribution in [0.3, 0.4) is 0 Å². The molecule has 0 aliphatic carbocycles. The number of benzene rings is 1. The molecule has 0 bridgehead atoms. The van der Waals surface area contributed by atoms with E-state index < -0.39 is 56.3 Å². The van der Waals surface area contributed by atoms with Crippen molar-refractivity contribution in [2.24, 2.45) is 0 Å². The normalized spacial score (nSPS) is 16.6. The Labute approximate surface area is 117 Å². The van der Waals surface area contributed by atoms with Gasteiger partial charge in [0, 0.05) is 6.07 Å². The molecule has 9 nitrogen and oxygen atoms in total. The summed E-state index contributed by atoms with van der Waals surface area (Å²) in [6.45, 7) is -1.27. The van der Waals surface area contributed by atoms with Crippen LogP contribution in [0.4, 0.5) is 10.1 Å². The summed E-state index contributed by atoms with van der Waals surface area (Å²) in [4.78, 5) is 31.1. The fourth-order valence-electron chi connectivity index (χ4n) is 1.73. The SMILES string of the molecule is O=C1CN(S(=O)(=O)c2ccc([N+](=O)[O-])cc2F)CC(=O)N1. The molecule has 1 aromatic rings. The van der Waals surface area contributed by atoms with Crippen molar-refractivity contribution in [2.45, 2.75) is 4.90 Å². The molecule has 11 heteroatoms. The number of piperazine rings is 1. The topological polar surface area (TPSA) is 127 Å². The van der Waals surface area contributed by atoms with Gasteiger partial charge in [-0.1, -0.05) is 0 Å². The fourth-order valence-corrected chi connectivity index (χ4v) is 3.13. The van der Waals surface area contributed by atoms with Gasteiger partial charge in [-0.05, 0) is 6.07 Å². The molecule has 21 heavy (non-hydrogen) atoms. The van der Waals surface area contributed by atoms with Gasteiger partial charge in [0.2, 0.25) is 21.8 Å². The number of hydrogen-bond acceptors (Lipinski definition) is 6. The summed E-state index contributed by atoms with van der Waals surface area (Å²) in [5, 5.41) is 12.4. The van der Waals surface area contributed by atoms with E-state index in [4.69, 9.17) is 0 Å². The first kappa shape index (κ1) is 15.0.